The number of nitrogens with zero attached hydrogens (tertiary/aromatic N) is 2. The topological polar surface area (TPSA) is 57.0 Å². The Balaban J connectivity index is 2.06. The van der Waals surface area contributed by atoms with E-state index in [9.17, 15) is 4.39 Å². The molecule has 0 aliphatic heterocycles. The van der Waals surface area contributed by atoms with Crippen LogP contribution < -0.4 is 5.73 Å². The summed E-state index contributed by atoms with van der Waals surface area (Å²) in [6, 6.07) is 6.60. The standard InChI is InChI=1S/C14H13ClFN3O/c1-8(5-9-3-2-4-20-9)19-13-6-10(15)11(16)7-12(13)18-14(19)17/h2-4,6-8H,5H2,1H3,(H2,17,18). The van der Waals surface area contributed by atoms with Gasteiger partial charge in [0.05, 0.1) is 22.3 Å². The minimum atomic E-state index is -0.498. The second-order valence-electron chi connectivity index (χ2n) is 4.73. The predicted molar refractivity (Wildman–Crippen MR) is 76.2 cm³/mol. The number of hydrogen-bond donors (Lipinski definition) is 1. The molecule has 0 spiro atoms. The van der Waals surface area contributed by atoms with Gasteiger partial charge in [0.1, 0.15) is 11.6 Å². The first-order valence-electron chi connectivity index (χ1n) is 6.21. The number of halogens is 2. The molecule has 0 radical (unpaired) electrons. The highest BCUT2D eigenvalue weighted by Crippen LogP contribution is 2.28. The van der Waals surface area contributed by atoms with Gasteiger partial charge in [-0.2, -0.15) is 0 Å². The van der Waals surface area contributed by atoms with Crippen LogP contribution in [0.4, 0.5) is 10.3 Å². The number of fused-ring (bicyclic) bond motifs is 1. The fourth-order valence-electron chi connectivity index (χ4n) is 2.38. The third-order valence-corrected chi connectivity index (χ3v) is 3.57. The molecule has 1 unspecified atom stereocenters. The Morgan fingerprint density at radius 3 is 3.00 bits per heavy atom. The Morgan fingerprint density at radius 2 is 2.30 bits per heavy atom. The van der Waals surface area contributed by atoms with Gasteiger partial charge in [0.2, 0.25) is 5.95 Å². The highest BCUT2D eigenvalue weighted by molar-refractivity contribution is 6.31. The highest BCUT2D eigenvalue weighted by atomic mass is 35.5. The van der Waals surface area contributed by atoms with Crippen molar-refractivity contribution in [2.45, 2.75) is 19.4 Å². The van der Waals surface area contributed by atoms with Gasteiger partial charge in [-0.15, -0.1) is 0 Å². The zero-order valence-electron chi connectivity index (χ0n) is 10.8. The van der Waals surface area contributed by atoms with Crippen LogP contribution in [0.25, 0.3) is 11.0 Å². The van der Waals surface area contributed by atoms with Crippen LogP contribution >= 0.6 is 11.6 Å². The molecule has 4 nitrogen and oxygen atoms in total. The quantitative estimate of drug-likeness (QED) is 0.799. The lowest BCUT2D eigenvalue weighted by Gasteiger charge is -2.14. The molecule has 20 heavy (non-hydrogen) atoms. The van der Waals surface area contributed by atoms with E-state index in [0.29, 0.717) is 23.4 Å². The van der Waals surface area contributed by atoms with Crippen molar-refractivity contribution in [1.29, 1.82) is 0 Å². The van der Waals surface area contributed by atoms with Gasteiger partial charge in [0.15, 0.2) is 0 Å². The van der Waals surface area contributed by atoms with Crippen molar-refractivity contribution in [2.75, 3.05) is 5.73 Å². The van der Waals surface area contributed by atoms with Crippen LogP contribution in [0.2, 0.25) is 5.02 Å². The second-order valence-corrected chi connectivity index (χ2v) is 5.13. The lowest BCUT2D eigenvalue weighted by atomic mass is 10.2. The zero-order valence-corrected chi connectivity index (χ0v) is 11.6. The maximum absolute atomic E-state index is 13.5. The number of nitrogen functional groups attached to an aromatic ring is 1. The van der Waals surface area contributed by atoms with Crippen molar-refractivity contribution in [1.82, 2.24) is 9.55 Å². The summed E-state index contributed by atoms with van der Waals surface area (Å²) in [6.45, 7) is 2.00. The lowest BCUT2D eigenvalue weighted by molar-refractivity contribution is 0.456. The third kappa shape index (κ3) is 2.14. The van der Waals surface area contributed by atoms with E-state index in [0.717, 1.165) is 5.76 Å². The number of imidazole rings is 1. The Morgan fingerprint density at radius 1 is 1.50 bits per heavy atom. The van der Waals surface area contributed by atoms with E-state index in [-0.39, 0.29) is 11.1 Å². The summed E-state index contributed by atoms with van der Waals surface area (Å²) >= 11 is 5.84. The number of nitrogens with two attached hydrogens (primary N) is 1. The number of benzene rings is 1. The van der Waals surface area contributed by atoms with Gasteiger partial charge >= 0.3 is 0 Å². The van der Waals surface area contributed by atoms with Crippen LogP contribution in [-0.4, -0.2) is 9.55 Å². The zero-order chi connectivity index (χ0) is 14.3. The van der Waals surface area contributed by atoms with Crippen LogP contribution in [0.3, 0.4) is 0 Å². The largest absolute Gasteiger partial charge is 0.469 e. The van der Waals surface area contributed by atoms with Crippen LogP contribution in [0, 0.1) is 5.82 Å². The van der Waals surface area contributed by atoms with Crippen molar-refractivity contribution < 1.29 is 8.81 Å². The maximum Gasteiger partial charge on any atom is 0.201 e. The van der Waals surface area contributed by atoms with Gasteiger partial charge in [0.25, 0.3) is 0 Å². The Hall–Kier alpha value is -2.01. The van der Waals surface area contributed by atoms with Crippen molar-refractivity contribution in [3.63, 3.8) is 0 Å². The number of hydrogen-bond acceptors (Lipinski definition) is 3. The van der Waals surface area contributed by atoms with E-state index in [1.807, 2.05) is 23.6 Å². The molecular formula is C14H13ClFN3O. The highest BCUT2D eigenvalue weighted by Gasteiger charge is 2.17. The summed E-state index contributed by atoms with van der Waals surface area (Å²) < 4.78 is 20.6. The summed E-state index contributed by atoms with van der Waals surface area (Å²) in [7, 11) is 0. The van der Waals surface area contributed by atoms with Gasteiger partial charge in [0, 0.05) is 18.5 Å². The van der Waals surface area contributed by atoms with E-state index in [1.165, 1.54) is 6.07 Å². The Kier molecular flexibility index (Phi) is 3.14. The summed E-state index contributed by atoms with van der Waals surface area (Å²) in [5, 5.41) is 0.0591. The van der Waals surface area contributed by atoms with E-state index in [4.69, 9.17) is 21.8 Å². The molecule has 2 heterocycles. The minimum Gasteiger partial charge on any atom is -0.469 e. The van der Waals surface area contributed by atoms with Gasteiger partial charge in [-0.05, 0) is 25.1 Å². The predicted octanol–water partition coefficient (Wildman–Crippen LogP) is 3.81. The number of furan rings is 1. The van der Waals surface area contributed by atoms with Gasteiger partial charge in [-0.3, -0.25) is 0 Å². The van der Waals surface area contributed by atoms with E-state index >= 15 is 0 Å². The molecule has 3 aromatic rings. The SMILES string of the molecule is CC(Cc1ccco1)n1c(N)nc2cc(F)c(Cl)cc21. The molecule has 0 aliphatic rings. The molecule has 0 fully saturated rings. The Bertz CT molecular complexity index is 751. The van der Waals surface area contributed by atoms with E-state index in [1.54, 1.807) is 12.3 Å². The average molecular weight is 294 g/mol. The van der Waals surface area contributed by atoms with Crippen LogP contribution in [-0.2, 0) is 6.42 Å². The normalized spacial score (nSPS) is 12.9. The fraction of sp³-hybridized carbons (Fsp3) is 0.214. The maximum atomic E-state index is 13.5. The first-order valence-corrected chi connectivity index (χ1v) is 6.59. The summed E-state index contributed by atoms with van der Waals surface area (Å²) in [4.78, 5) is 4.18. The van der Waals surface area contributed by atoms with Crippen molar-refractivity contribution >= 4 is 28.6 Å². The summed E-state index contributed by atoms with van der Waals surface area (Å²) in [5.74, 6) is 0.690. The van der Waals surface area contributed by atoms with Crippen molar-refractivity contribution in [3.05, 3.63) is 47.1 Å². The molecule has 0 saturated carbocycles. The third-order valence-electron chi connectivity index (χ3n) is 3.28. The monoisotopic (exact) mass is 293 g/mol. The molecule has 0 saturated heterocycles. The molecule has 0 amide bonds. The molecular weight excluding hydrogens is 281 g/mol. The number of anilines is 1. The summed E-state index contributed by atoms with van der Waals surface area (Å²) in [6.07, 6.45) is 2.29. The van der Waals surface area contributed by atoms with Crippen molar-refractivity contribution in [2.24, 2.45) is 0 Å². The molecule has 1 atom stereocenters. The van der Waals surface area contributed by atoms with Gasteiger partial charge in [-0.25, -0.2) is 9.37 Å². The molecule has 2 N–H and O–H groups in total. The molecule has 1 aromatic carbocycles. The number of aromatic nitrogens is 2. The van der Waals surface area contributed by atoms with Crippen LogP contribution in [0.5, 0.6) is 0 Å². The molecule has 0 aliphatic carbocycles. The molecule has 2 aromatic heterocycles. The second kappa shape index (κ2) is 4.83. The Labute approximate surface area is 120 Å². The lowest BCUT2D eigenvalue weighted by Crippen LogP contribution is -2.11. The summed E-state index contributed by atoms with van der Waals surface area (Å²) in [5.41, 5.74) is 7.15. The van der Waals surface area contributed by atoms with Gasteiger partial charge in [-0.1, -0.05) is 11.6 Å². The van der Waals surface area contributed by atoms with Crippen LogP contribution in [0.1, 0.15) is 18.7 Å². The molecule has 0 bridgehead atoms. The first kappa shape index (κ1) is 13.0. The van der Waals surface area contributed by atoms with Crippen LogP contribution in [0.15, 0.2) is 34.9 Å². The van der Waals surface area contributed by atoms with Gasteiger partial charge < -0.3 is 14.7 Å². The number of rotatable bonds is 3. The minimum absolute atomic E-state index is 0.0210. The van der Waals surface area contributed by atoms with E-state index < -0.39 is 5.82 Å². The van der Waals surface area contributed by atoms with E-state index in [2.05, 4.69) is 4.98 Å². The van der Waals surface area contributed by atoms with Crippen molar-refractivity contribution in [3.8, 4) is 0 Å². The first-order chi connectivity index (χ1) is 9.56. The molecule has 104 valence electrons. The molecule has 3 rings (SSSR count). The average Bonchev–Trinajstić information content (AvgIpc) is 2.97. The molecule has 6 heteroatoms. The smallest absolute Gasteiger partial charge is 0.201 e. The fourth-order valence-corrected chi connectivity index (χ4v) is 2.54.